The van der Waals surface area contributed by atoms with Crippen molar-refractivity contribution < 1.29 is 27.4 Å². The summed E-state index contributed by atoms with van der Waals surface area (Å²) in [7, 11) is 0. The maximum atomic E-state index is 12.2. The summed E-state index contributed by atoms with van der Waals surface area (Å²) in [6.45, 7) is 3.67. The molecule has 1 fully saturated rings. The third kappa shape index (κ3) is 5.69. The van der Waals surface area contributed by atoms with E-state index in [-0.39, 0.29) is 12.7 Å². The number of esters is 1. The maximum Gasteiger partial charge on any atom is 0.490 e. The number of rotatable bonds is 7. The number of unbranched alkanes of at least 4 members (excludes halogenated alkanes) is 4. The van der Waals surface area contributed by atoms with Crippen molar-refractivity contribution >= 4 is 5.97 Å². The van der Waals surface area contributed by atoms with Crippen LogP contribution in [0.4, 0.5) is 13.2 Å². The highest BCUT2D eigenvalue weighted by atomic mass is 19.4. The standard InChI is InChI=1S/C14H23F3O3/c1-3-4-5-6-7-8-11-9-13(2,10-19-11)20-12(18)14(15,16)17/h11H,3-10H2,1-2H3/t11-,13+/m0/s1. The minimum absolute atomic E-state index is 0.0362. The molecule has 0 aliphatic carbocycles. The Hall–Kier alpha value is -0.780. The van der Waals surface area contributed by atoms with Crippen molar-refractivity contribution in [2.45, 2.75) is 76.7 Å². The lowest BCUT2D eigenvalue weighted by atomic mass is 9.99. The van der Waals surface area contributed by atoms with Crippen LogP contribution in [0.3, 0.4) is 0 Å². The molecule has 0 bridgehead atoms. The molecule has 1 aliphatic rings. The molecule has 0 unspecified atom stereocenters. The van der Waals surface area contributed by atoms with E-state index in [4.69, 9.17) is 4.74 Å². The van der Waals surface area contributed by atoms with E-state index in [1.165, 1.54) is 26.2 Å². The number of alkyl halides is 3. The van der Waals surface area contributed by atoms with Crippen LogP contribution in [0, 0.1) is 0 Å². The van der Waals surface area contributed by atoms with Gasteiger partial charge in [0.2, 0.25) is 0 Å². The van der Waals surface area contributed by atoms with Gasteiger partial charge in [-0.05, 0) is 13.3 Å². The summed E-state index contributed by atoms with van der Waals surface area (Å²) < 4.78 is 46.5. The number of carbonyl (C=O) groups excluding carboxylic acids is 1. The quantitative estimate of drug-likeness (QED) is 0.526. The van der Waals surface area contributed by atoms with Crippen LogP contribution in [0.25, 0.3) is 0 Å². The fourth-order valence-electron chi connectivity index (χ4n) is 2.41. The Morgan fingerprint density at radius 3 is 2.55 bits per heavy atom. The van der Waals surface area contributed by atoms with Gasteiger partial charge in [-0.15, -0.1) is 0 Å². The van der Waals surface area contributed by atoms with Crippen molar-refractivity contribution in [3.05, 3.63) is 0 Å². The van der Waals surface area contributed by atoms with Gasteiger partial charge in [-0.2, -0.15) is 13.2 Å². The van der Waals surface area contributed by atoms with E-state index in [2.05, 4.69) is 11.7 Å². The fraction of sp³-hybridized carbons (Fsp3) is 0.929. The SMILES string of the molecule is CCCCCCC[C@H]1C[C@@](C)(OC(=O)C(F)(F)F)CO1. The van der Waals surface area contributed by atoms with Gasteiger partial charge < -0.3 is 9.47 Å². The molecule has 0 spiro atoms. The zero-order valence-electron chi connectivity index (χ0n) is 12.1. The minimum Gasteiger partial charge on any atom is -0.450 e. The predicted molar refractivity (Wildman–Crippen MR) is 68.3 cm³/mol. The van der Waals surface area contributed by atoms with Crippen molar-refractivity contribution in [3.8, 4) is 0 Å². The highest BCUT2D eigenvalue weighted by Crippen LogP contribution is 2.32. The van der Waals surface area contributed by atoms with Crippen molar-refractivity contribution in [3.63, 3.8) is 0 Å². The number of hydrogen-bond donors (Lipinski definition) is 0. The van der Waals surface area contributed by atoms with Crippen molar-refractivity contribution in [2.24, 2.45) is 0 Å². The van der Waals surface area contributed by atoms with Gasteiger partial charge >= 0.3 is 12.1 Å². The Labute approximate surface area is 117 Å². The number of carbonyl (C=O) groups is 1. The summed E-state index contributed by atoms with van der Waals surface area (Å²) in [6.07, 6.45) is 1.73. The lowest BCUT2D eigenvalue weighted by Crippen LogP contribution is -2.38. The average molecular weight is 296 g/mol. The molecule has 0 N–H and O–H groups in total. The second-order valence-electron chi connectivity index (χ2n) is 5.68. The van der Waals surface area contributed by atoms with Crippen LogP contribution < -0.4 is 0 Å². The molecule has 0 aromatic rings. The summed E-state index contributed by atoms with van der Waals surface area (Å²) in [5, 5.41) is 0. The van der Waals surface area contributed by atoms with E-state index in [9.17, 15) is 18.0 Å². The summed E-state index contributed by atoms with van der Waals surface area (Å²) >= 11 is 0. The van der Waals surface area contributed by atoms with Gasteiger partial charge in [0.05, 0.1) is 12.7 Å². The van der Waals surface area contributed by atoms with E-state index in [1.807, 2.05) is 0 Å². The Kier molecular flexibility index (Phi) is 6.30. The van der Waals surface area contributed by atoms with E-state index in [0.29, 0.717) is 6.42 Å². The molecule has 0 amide bonds. The first-order valence-electron chi connectivity index (χ1n) is 7.18. The molecule has 1 saturated heterocycles. The van der Waals surface area contributed by atoms with Crippen LogP contribution in [-0.2, 0) is 14.3 Å². The van der Waals surface area contributed by atoms with Gasteiger partial charge in [0.15, 0.2) is 0 Å². The molecule has 1 rings (SSSR count). The molecule has 0 aromatic heterocycles. The van der Waals surface area contributed by atoms with Crippen LogP contribution >= 0.6 is 0 Å². The second-order valence-corrected chi connectivity index (χ2v) is 5.68. The number of halogens is 3. The van der Waals surface area contributed by atoms with Crippen LogP contribution in [-0.4, -0.2) is 30.5 Å². The smallest absolute Gasteiger partial charge is 0.450 e. The van der Waals surface area contributed by atoms with E-state index >= 15 is 0 Å². The Morgan fingerprint density at radius 1 is 1.30 bits per heavy atom. The Morgan fingerprint density at radius 2 is 1.95 bits per heavy atom. The summed E-state index contributed by atoms with van der Waals surface area (Å²) in [6, 6.07) is 0. The molecule has 0 saturated carbocycles. The van der Waals surface area contributed by atoms with E-state index < -0.39 is 17.7 Å². The molecule has 6 heteroatoms. The van der Waals surface area contributed by atoms with E-state index in [0.717, 1.165) is 19.3 Å². The predicted octanol–water partition coefficient (Wildman–Crippen LogP) is 4.00. The monoisotopic (exact) mass is 296 g/mol. The molecule has 0 aromatic carbocycles. The molecular weight excluding hydrogens is 273 g/mol. The van der Waals surface area contributed by atoms with Crippen molar-refractivity contribution in [1.29, 1.82) is 0 Å². The van der Waals surface area contributed by atoms with Crippen molar-refractivity contribution in [1.82, 2.24) is 0 Å². The maximum absolute atomic E-state index is 12.2. The first kappa shape index (κ1) is 17.3. The van der Waals surface area contributed by atoms with E-state index in [1.54, 1.807) is 0 Å². The van der Waals surface area contributed by atoms with Gasteiger partial charge in [0.25, 0.3) is 0 Å². The lowest BCUT2D eigenvalue weighted by molar-refractivity contribution is -0.212. The molecule has 0 radical (unpaired) electrons. The number of ether oxygens (including phenoxy) is 2. The molecule has 3 nitrogen and oxygen atoms in total. The number of hydrogen-bond acceptors (Lipinski definition) is 3. The molecule has 1 heterocycles. The first-order valence-corrected chi connectivity index (χ1v) is 7.18. The molecule has 20 heavy (non-hydrogen) atoms. The van der Waals surface area contributed by atoms with Crippen LogP contribution in [0.2, 0.25) is 0 Å². The zero-order valence-corrected chi connectivity index (χ0v) is 12.1. The third-order valence-corrected chi connectivity index (χ3v) is 3.48. The Bertz CT molecular complexity index is 317. The fourth-order valence-corrected chi connectivity index (χ4v) is 2.41. The Balaban J connectivity index is 2.29. The summed E-state index contributed by atoms with van der Waals surface area (Å²) in [5.74, 6) is -2.13. The van der Waals surface area contributed by atoms with Crippen LogP contribution in [0.5, 0.6) is 0 Å². The normalized spacial score (nSPS) is 26.8. The largest absolute Gasteiger partial charge is 0.490 e. The molecule has 118 valence electrons. The lowest BCUT2D eigenvalue weighted by Gasteiger charge is -2.23. The van der Waals surface area contributed by atoms with Gasteiger partial charge in [0.1, 0.15) is 5.60 Å². The molecule has 1 aliphatic heterocycles. The second kappa shape index (κ2) is 7.29. The minimum atomic E-state index is -4.94. The van der Waals surface area contributed by atoms with Crippen LogP contribution in [0.15, 0.2) is 0 Å². The molecular formula is C14H23F3O3. The zero-order chi connectivity index (χ0) is 15.2. The highest BCUT2D eigenvalue weighted by Gasteiger charge is 2.47. The first-order chi connectivity index (χ1) is 9.27. The topological polar surface area (TPSA) is 35.5 Å². The summed E-state index contributed by atoms with van der Waals surface area (Å²) in [4.78, 5) is 10.9. The van der Waals surface area contributed by atoms with Crippen molar-refractivity contribution in [2.75, 3.05) is 6.61 Å². The van der Waals surface area contributed by atoms with Gasteiger partial charge in [0, 0.05) is 6.42 Å². The van der Waals surface area contributed by atoms with Gasteiger partial charge in [-0.3, -0.25) is 0 Å². The average Bonchev–Trinajstić information content (AvgIpc) is 2.69. The summed E-state index contributed by atoms with van der Waals surface area (Å²) in [5.41, 5.74) is -1.15. The van der Waals surface area contributed by atoms with Gasteiger partial charge in [-0.25, -0.2) is 4.79 Å². The van der Waals surface area contributed by atoms with Gasteiger partial charge in [-0.1, -0.05) is 39.0 Å². The van der Waals surface area contributed by atoms with Crippen LogP contribution in [0.1, 0.15) is 58.8 Å². The third-order valence-electron chi connectivity index (χ3n) is 3.48. The molecule has 2 atom stereocenters. The highest BCUT2D eigenvalue weighted by molar-refractivity contribution is 5.76.